The SMILES string of the molecule is COc1cc2c(cc1OC)C(CC(=O)O)N(C(=O)Cc1ccccc1F)CC2. The van der Waals surface area contributed by atoms with Crippen LogP contribution in [0.5, 0.6) is 11.5 Å². The Morgan fingerprint density at radius 2 is 1.86 bits per heavy atom. The van der Waals surface area contributed by atoms with Gasteiger partial charge in [0.05, 0.1) is 33.1 Å². The molecule has 7 heteroatoms. The second kappa shape index (κ2) is 8.29. The highest BCUT2D eigenvalue weighted by atomic mass is 19.1. The van der Waals surface area contributed by atoms with Crippen molar-refractivity contribution in [1.82, 2.24) is 4.90 Å². The van der Waals surface area contributed by atoms with Gasteiger partial charge in [0, 0.05) is 6.54 Å². The third kappa shape index (κ3) is 3.93. The number of rotatable bonds is 6. The van der Waals surface area contributed by atoms with E-state index in [2.05, 4.69) is 0 Å². The zero-order chi connectivity index (χ0) is 20.3. The number of hydrogen-bond acceptors (Lipinski definition) is 4. The van der Waals surface area contributed by atoms with E-state index in [1.165, 1.54) is 25.2 Å². The van der Waals surface area contributed by atoms with Gasteiger partial charge in [0.1, 0.15) is 5.82 Å². The van der Waals surface area contributed by atoms with Crippen LogP contribution in [-0.2, 0) is 22.4 Å². The second-order valence-corrected chi connectivity index (χ2v) is 6.62. The molecule has 0 saturated carbocycles. The molecule has 0 spiro atoms. The molecule has 0 radical (unpaired) electrons. The number of carbonyl (C=O) groups is 2. The van der Waals surface area contributed by atoms with Gasteiger partial charge in [-0.3, -0.25) is 9.59 Å². The lowest BCUT2D eigenvalue weighted by Crippen LogP contribution is -2.41. The number of ether oxygens (including phenoxy) is 2. The van der Waals surface area contributed by atoms with Crippen molar-refractivity contribution >= 4 is 11.9 Å². The summed E-state index contributed by atoms with van der Waals surface area (Å²) in [6.45, 7) is 0.355. The molecule has 2 aromatic carbocycles. The van der Waals surface area contributed by atoms with E-state index in [9.17, 15) is 19.1 Å². The molecule has 28 heavy (non-hydrogen) atoms. The van der Waals surface area contributed by atoms with Gasteiger partial charge in [-0.25, -0.2) is 4.39 Å². The second-order valence-electron chi connectivity index (χ2n) is 6.62. The molecule has 1 amide bonds. The number of benzene rings is 2. The Morgan fingerprint density at radius 1 is 1.18 bits per heavy atom. The van der Waals surface area contributed by atoms with Crippen molar-refractivity contribution in [2.24, 2.45) is 0 Å². The number of methoxy groups -OCH3 is 2. The molecular weight excluding hydrogens is 365 g/mol. The molecular formula is C21H22FNO5. The summed E-state index contributed by atoms with van der Waals surface area (Å²) in [6, 6.07) is 8.99. The molecule has 1 unspecified atom stereocenters. The van der Waals surface area contributed by atoms with E-state index in [-0.39, 0.29) is 18.7 Å². The van der Waals surface area contributed by atoms with Crippen LogP contribution >= 0.6 is 0 Å². The number of nitrogens with zero attached hydrogens (tertiary/aromatic N) is 1. The van der Waals surface area contributed by atoms with E-state index in [0.717, 1.165) is 5.56 Å². The number of aliphatic carboxylic acids is 1. The quantitative estimate of drug-likeness (QED) is 0.825. The Morgan fingerprint density at radius 3 is 2.50 bits per heavy atom. The molecule has 1 heterocycles. The maximum absolute atomic E-state index is 14.0. The van der Waals surface area contributed by atoms with Crippen molar-refractivity contribution in [2.75, 3.05) is 20.8 Å². The van der Waals surface area contributed by atoms with E-state index in [0.29, 0.717) is 35.6 Å². The molecule has 0 aromatic heterocycles. The highest BCUT2D eigenvalue weighted by molar-refractivity contribution is 5.81. The lowest BCUT2D eigenvalue weighted by molar-refractivity contribution is -0.141. The van der Waals surface area contributed by atoms with Crippen molar-refractivity contribution in [3.8, 4) is 11.5 Å². The number of fused-ring (bicyclic) bond motifs is 1. The fraction of sp³-hybridized carbons (Fsp3) is 0.333. The number of carboxylic acids is 1. The van der Waals surface area contributed by atoms with E-state index in [4.69, 9.17) is 9.47 Å². The highest BCUT2D eigenvalue weighted by Gasteiger charge is 2.33. The average molecular weight is 387 g/mol. The summed E-state index contributed by atoms with van der Waals surface area (Å²) in [6.07, 6.45) is 0.186. The average Bonchev–Trinajstić information content (AvgIpc) is 2.68. The standard InChI is InChI=1S/C21H22FNO5/c1-27-18-9-13-7-8-23(20(24)10-14-5-3-4-6-16(14)22)17(12-21(25)26)15(13)11-19(18)28-2/h3-6,9,11,17H,7-8,10,12H2,1-2H3,(H,25,26). The summed E-state index contributed by atoms with van der Waals surface area (Å²) in [7, 11) is 3.03. The van der Waals surface area contributed by atoms with Gasteiger partial charge in [-0.05, 0) is 41.3 Å². The molecule has 1 atom stereocenters. The van der Waals surface area contributed by atoms with Crippen LogP contribution in [0.15, 0.2) is 36.4 Å². The molecule has 0 saturated heterocycles. The minimum Gasteiger partial charge on any atom is -0.493 e. The number of hydrogen-bond donors (Lipinski definition) is 1. The lowest BCUT2D eigenvalue weighted by atomic mass is 9.89. The molecule has 2 aromatic rings. The van der Waals surface area contributed by atoms with Crippen LogP contribution in [0.4, 0.5) is 4.39 Å². The van der Waals surface area contributed by atoms with Crippen molar-refractivity contribution in [2.45, 2.75) is 25.3 Å². The van der Waals surface area contributed by atoms with Crippen LogP contribution in [0.3, 0.4) is 0 Å². The Balaban J connectivity index is 1.95. The first-order chi connectivity index (χ1) is 13.4. The first kappa shape index (κ1) is 19.7. The van der Waals surface area contributed by atoms with Crippen molar-refractivity contribution in [3.63, 3.8) is 0 Å². The van der Waals surface area contributed by atoms with Crippen molar-refractivity contribution < 1.29 is 28.6 Å². The number of carbonyl (C=O) groups excluding carboxylic acids is 1. The van der Waals surface area contributed by atoms with Crippen LogP contribution in [0.25, 0.3) is 0 Å². The minimum absolute atomic E-state index is 0.120. The Hall–Kier alpha value is -3.09. The van der Waals surface area contributed by atoms with Gasteiger partial charge in [-0.15, -0.1) is 0 Å². The Bertz CT molecular complexity index is 898. The molecule has 1 aliphatic heterocycles. The third-order valence-corrected chi connectivity index (χ3v) is 4.99. The number of halogens is 1. The molecule has 0 bridgehead atoms. The van der Waals surface area contributed by atoms with Crippen LogP contribution in [-0.4, -0.2) is 42.6 Å². The van der Waals surface area contributed by atoms with Crippen LogP contribution in [0.2, 0.25) is 0 Å². The van der Waals surface area contributed by atoms with Gasteiger partial charge < -0.3 is 19.5 Å². The highest BCUT2D eigenvalue weighted by Crippen LogP contribution is 2.39. The van der Waals surface area contributed by atoms with Crippen LogP contribution in [0.1, 0.15) is 29.2 Å². The van der Waals surface area contributed by atoms with E-state index < -0.39 is 17.8 Å². The minimum atomic E-state index is -1.02. The fourth-order valence-electron chi connectivity index (χ4n) is 3.62. The molecule has 0 aliphatic carbocycles. The Labute approximate surface area is 162 Å². The molecule has 0 fully saturated rings. The summed E-state index contributed by atoms with van der Waals surface area (Å²) >= 11 is 0. The van der Waals surface area contributed by atoms with E-state index >= 15 is 0 Å². The van der Waals surface area contributed by atoms with Gasteiger partial charge in [0.2, 0.25) is 5.91 Å². The predicted octanol–water partition coefficient (Wildman–Crippen LogP) is 2.99. The smallest absolute Gasteiger partial charge is 0.305 e. The topological polar surface area (TPSA) is 76.1 Å². The summed E-state index contributed by atoms with van der Waals surface area (Å²) in [4.78, 5) is 25.9. The first-order valence-corrected chi connectivity index (χ1v) is 8.94. The number of carboxylic acid groups (broad SMARTS) is 1. The van der Waals surface area contributed by atoms with Gasteiger partial charge in [-0.1, -0.05) is 18.2 Å². The first-order valence-electron chi connectivity index (χ1n) is 8.94. The monoisotopic (exact) mass is 387 g/mol. The molecule has 1 aliphatic rings. The summed E-state index contributed by atoms with van der Waals surface area (Å²) in [5.74, 6) is -0.746. The largest absolute Gasteiger partial charge is 0.493 e. The maximum atomic E-state index is 14.0. The van der Waals surface area contributed by atoms with Gasteiger partial charge >= 0.3 is 5.97 Å². The fourth-order valence-corrected chi connectivity index (χ4v) is 3.62. The van der Waals surface area contributed by atoms with Gasteiger partial charge in [-0.2, -0.15) is 0 Å². The van der Waals surface area contributed by atoms with Crippen molar-refractivity contribution in [1.29, 1.82) is 0 Å². The van der Waals surface area contributed by atoms with Crippen LogP contribution in [0, 0.1) is 5.82 Å². The zero-order valence-electron chi connectivity index (χ0n) is 15.8. The Kier molecular flexibility index (Phi) is 5.82. The molecule has 3 rings (SSSR count). The third-order valence-electron chi connectivity index (χ3n) is 4.99. The summed E-state index contributed by atoms with van der Waals surface area (Å²) in [5.41, 5.74) is 1.92. The van der Waals surface area contributed by atoms with Crippen LogP contribution < -0.4 is 9.47 Å². The van der Waals surface area contributed by atoms with Gasteiger partial charge in [0.15, 0.2) is 11.5 Å². The molecule has 6 nitrogen and oxygen atoms in total. The van der Waals surface area contributed by atoms with Crippen molar-refractivity contribution in [3.05, 3.63) is 58.9 Å². The lowest BCUT2D eigenvalue weighted by Gasteiger charge is -2.37. The normalized spacial score (nSPS) is 15.7. The summed E-state index contributed by atoms with van der Waals surface area (Å²) < 4.78 is 24.6. The van der Waals surface area contributed by atoms with E-state index in [1.54, 1.807) is 24.3 Å². The molecule has 148 valence electrons. The van der Waals surface area contributed by atoms with E-state index in [1.807, 2.05) is 6.07 Å². The summed E-state index contributed by atoms with van der Waals surface area (Å²) in [5, 5.41) is 9.40. The zero-order valence-corrected chi connectivity index (χ0v) is 15.8. The predicted molar refractivity (Wildman–Crippen MR) is 100 cm³/mol. The molecule has 1 N–H and O–H groups in total. The number of amides is 1. The maximum Gasteiger partial charge on any atom is 0.305 e. The van der Waals surface area contributed by atoms with Gasteiger partial charge in [0.25, 0.3) is 0 Å².